The van der Waals surface area contributed by atoms with E-state index in [4.69, 9.17) is 14.2 Å². The van der Waals surface area contributed by atoms with Crippen molar-refractivity contribution in [3.63, 3.8) is 0 Å². The Morgan fingerprint density at radius 1 is 1.37 bits per heavy atom. The second-order valence-electron chi connectivity index (χ2n) is 5.57. The monoisotopic (exact) mass is 278 g/mol. The molecule has 0 aromatic heterocycles. The van der Waals surface area contributed by atoms with Crippen molar-refractivity contribution in [3.8, 4) is 0 Å². The summed E-state index contributed by atoms with van der Waals surface area (Å²) in [5.74, 6) is -0.476. The van der Waals surface area contributed by atoms with Gasteiger partial charge in [0.1, 0.15) is 0 Å². The number of halogens is 2. The molecule has 0 aromatic rings. The van der Waals surface area contributed by atoms with Crippen LogP contribution in [0.1, 0.15) is 34.1 Å². The van der Waals surface area contributed by atoms with Crippen LogP contribution in [-0.4, -0.2) is 31.6 Å². The Balaban J connectivity index is 2.85. The Labute approximate surface area is 111 Å². The lowest BCUT2D eigenvalue weighted by Crippen LogP contribution is -2.44. The van der Waals surface area contributed by atoms with Crippen LogP contribution in [0.15, 0.2) is 11.7 Å². The highest BCUT2D eigenvalue weighted by Crippen LogP contribution is 2.31. The van der Waals surface area contributed by atoms with Crippen molar-refractivity contribution in [2.45, 2.75) is 52.6 Å². The van der Waals surface area contributed by atoms with Gasteiger partial charge >= 0.3 is 5.97 Å². The van der Waals surface area contributed by atoms with E-state index in [1.807, 2.05) is 0 Å². The van der Waals surface area contributed by atoms with Gasteiger partial charge in [-0.15, -0.1) is 0 Å². The number of ether oxygens (including phenoxy) is 3. The summed E-state index contributed by atoms with van der Waals surface area (Å²) in [5, 5.41) is 0. The zero-order valence-corrected chi connectivity index (χ0v) is 11.8. The van der Waals surface area contributed by atoms with Gasteiger partial charge in [0, 0.05) is 19.1 Å². The van der Waals surface area contributed by atoms with E-state index in [0.717, 1.165) is 0 Å². The molecular weight excluding hydrogens is 258 g/mol. The summed E-state index contributed by atoms with van der Waals surface area (Å²) in [6, 6.07) is 0. The van der Waals surface area contributed by atoms with Crippen molar-refractivity contribution >= 4 is 5.97 Å². The van der Waals surface area contributed by atoms with Crippen molar-refractivity contribution in [2.75, 3.05) is 7.11 Å². The summed E-state index contributed by atoms with van der Waals surface area (Å²) in [7, 11) is 1.38. The first-order chi connectivity index (χ1) is 8.66. The highest BCUT2D eigenvalue weighted by atomic mass is 19.3. The summed E-state index contributed by atoms with van der Waals surface area (Å²) >= 11 is 0. The van der Waals surface area contributed by atoms with Crippen molar-refractivity contribution in [1.82, 2.24) is 0 Å². The summed E-state index contributed by atoms with van der Waals surface area (Å²) in [5.41, 5.74) is -0.862. The number of methoxy groups -OCH3 is 1. The van der Waals surface area contributed by atoms with Crippen LogP contribution in [0.3, 0.4) is 0 Å². The molecule has 1 saturated heterocycles. The molecule has 0 amide bonds. The smallest absolute Gasteiger partial charge is 0.311 e. The molecule has 1 aliphatic heterocycles. The zero-order chi connectivity index (χ0) is 14.8. The third kappa shape index (κ3) is 3.98. The molecule has 0 aliphatic carbocycles. The quantitative estimate of drug-likeness (QED) is 0.729. The minimum absolute atomic E-state index is 0.0795. The minimum atomic E-state index is -1.79. The fraction of sp³-hybridized carbons (Fsp3) is 0.769. The number of hydrogen-bond acceptors (Lipinski definition) is 4. The lowest BCUT2D eigenvalue weighted by Gasteiger charge is -2.36. The van der Waals surface area contributed by atoms with Crippen LogP contribution in [0.25, 0.3) is 0 Å². The SMILES string of the molecule is CO[C@H]1O[C@H](C)C(=C(F)F)C[C@H]1OC(=O)C(C)(C)C. The normalized spacial score (nSPS) is 28.2. The molecule has 1 rings (SSSR count). The van der Waals surface area contributed by atoms with Gasteiger partial charge in [-0.2, -0.15) is 8.78 Å². The van der Waals surface area contributed by atoms with E-state index in [2.05, 4.69) is 0 Å². The van der Waals surface area contributed by atoms with Crippen LogP contribution in [-0.2, 0) is 19.0 Å². The van der Waals surface area contributed by atoms with E-state index in [1.165, 1.54) is 14.0 Å². The van der Waals surface area contributed by atoms with Gasteiger partial charge in [-0.25, -0.2) is 0 Å². The van der Waals surface area contributed by atoms with E-state index in [-0.39, 0.29) is 12.0 Å². The molecule has 0 radical (unpaired) electrons. The van der Waals surface area contributed by atoms with E-state index in [0.29, 0.717) is 0 Å². The lowest BCUT2D eigenvalue weighted by atomic mass is 9.96. The molecule has 1 fully saturated rings. The minimum Gasteiger partial charge on any atom is -0.456 e. The molecule has 1 aliphatic rings. The van der Waals surface area contributed by atoms with Gasteiger partial charge in [0.25, 0.3) is 6.08 Å². The lowest BCUT2D eigenvalue weighted by molar-refractivity contribution is -0.226. The maximum atomic E-state index is 12.8. The Morgan fingerprint density at radius 3 is 2.37 bits per heavy atom. The fourth-order valence-electron chi connectivity index (χ4n) is 1.70. The predicted molar refractivity (Wildman–Crippen MR) is 64.5 cm³/mol. The first-order valence-corrected chi connectivity index (χ1v) is 6.10. The van der Waals surface area contributed by atoms with Crippen LogP contribution in [0.4, 0.5) is 8.78 Å². The van der Waals surface area contributed by atoms with Gasteiger partial charge in [-0.05, 0) is 27.7 Å². The summed E-state index contributed by atoms with van der Waals surface area (Å²) in [4.78, 5) is 11.8. The Bertz CT molecular complexity index is 369. The number of carbonyl (C=O) groups is 1. The highest BCUT2D eigenvalue weighted by Gasteiger charge is 2.39. The van der Waals surface area contributed by atoms with Gasteiger partial charge in [-0.1, -0.05) is 0 Å². The Morgan fingerprint density at radius 2 is 1.95 bits per heavy atom. The van der Waals surface area contributed by atoms with E-state index < -0.39 is 36.0 Å². The van der Waals surface area contributed by atoms with E-state index in [1.54, 1.807) is 20.8 Å². The molecule has 19 heavy (non-hydrogen) atoms. The van der Waals surface area contributed by atoms with Gasteiger partial charge < -0.3 is 14.2 Å². The Kier molecular flexibility index (Phi) is 5.04. The first kappa shape index (κ1) is 16.0. The molecule has 110 valence electrons. The molecule has 1 heterocycles. The highest BCUT2D eigenvalue weighted by molar-refractivity contribution is 5.75. The van der Waals surface area contributed by atoms with Gasteiger partial charge in [-0.3, -0.25) is 4.79 Å². The number of hydrogen-bond donors (Lipinski definition) is 0. The van der Waals surface area contributed by atoms with E-state index >= 15 is 0 Å². The average Bonchev–Trinajstić information content (AvgIpc) is 2.29. The molecule has 4 nitrogen and oxygen atoms in total. The maximum Gasteiger partial charge on any atom is 0.311 e. The molecule has 0 spiro atoms. The van der Waals surface area contributed by atoms with Crippen molar-refractivity contribution in [1.29, 1.82) is 0 Å². The van der Waals surface area contributed by atoms with Crippen molar-refractivity contribution in [2.24, 2.45) is 5.41 Å². The first-order valence-electron chi connectivity index (χ1n) is 6.10. The fourth-order valence-corrected chi connectivity index (χ4v) is 1.70. The van der Waals surface area contributed by atoms with Crippen LogP contribution in [0.5, 0.6) is 0 Å². The summed E-state index contributed by atoms with van der Waals surface area (Å²) in [6.07, 6.45) is -4.31. The van der Waals surface area contributed by atoms with Crippen molar-refractivity contribution < 1.29 is 27.8 Å². The molecule has 0 bridgehead atoms. The van der Waals surface area contributed by atoms with Crippen LogP contribution < -0.4 is 0 Å². The number of carbonyl (C=O) groups excluding carboxylic acids is 1. The third-order valence-corrected chi connectivity index (χ3v) is 2.90. The van der Waals surface area contributed by atoms with Gasteiger partial charge in [0.15, 0.2) is 12.4 Å². The van der Waals surface area contributed by atoms with Crippen LogP contribution in [0, 0.1) is 5.41 Å². The third-order valence-electron chi connectivity index (χ3n) is 2.90. The zero-order valence-electron chi connectivity index (χ0n) is 11.8. The van der Waals surface area contributed by atoms with Crippen molar-refractivity contribution in [3.05, 3.63) is 11.7 Å². The standard InChI is InChI=1S/C13H20F2O4/c1-7-8(10(14)15)6-9(11(17-5)18-7)19-12(16)13(2,3)4/h7,9,11H,6H2,1-5H3/t7-,9-,11+/m1/s1. The molecule has 0 unspecified atom stereocenters. The topological polar surface area (TPSA) is 44.8 Å². The second kappa shape index (κ2) is 5.96. The summed E-state index contributed by atoms with van der Waals surface area (Å²) < 4.78 is 41.1. The largest absolute Gasteiger partial charge is 0.456 e. The number of rotatable bonds is 2. The van der Waals surface area contributed by atoms with E-state index in [9.17, 15) is 13.6 Å². The predicted octanol–water partition coefficient (Wildman–Crippen LogP) is 2.88. The second-order valence-corrected chi connectivity index (χ2v) is 5.57. The molecular formula is C13H20F2O4. The van der Waals surface area contributed by atoms with Crippen LogP contribution >= 0.6 is 0 Å². The summed E-state index contributed by atoms with van der Waals surface area (Å²) in [6.45, 7) is 6.59. The molecule has 0 N–H and O–H groups in total. The Hall–Kier alpha value is -1.01. The maximum absolute atomic E-state index is 12.8. The molecule has 3 atom stereocenters. The molecule has 0 saturated carbocycles. The average molecular weight is 278 g/mol. The molecule has 6 heteroatoms. The number of esters is 1. The van der Waals surface area contributed by atoms with Gasteiger partial charge in [0.05, 0.1) is 11.5 Å². The van der Waals surface area contributed by atoms with Gasteiger partial charge in [0.2, 0.25) is 0 Å². The van der Waals surface area contributed by atoms with Crippen LogP contribution in [0.2, 0.25) is 0 Å². The molecule has 0 aromatic carbocycles.